The zero-order valence-electron chi connectivity index (χ0n) is 10.6. The molecule has 0 saturated carbocycles. The highest BCUT2D eigenvalue weighted by atomic mass is 16.5. The van der Waals surface area contributed by atoms with Crippen LogP contribution in [-0.4, -0.2) is 26.1 Å². The second-order valence-electron chi connectivity index (χ2n) is 3.89. The number of methoxy groups -OCH3 is 1. The second kappa shape index (κ2) is 5.96. The first kappa shape index (κ1) is 12.3. The maximum absolute atomic E-state index is 5.13. The van der Waals surface area contributed by atoms with Gasteiger partial charge in [-0.2, -0.15) is 0 Å². The summed E-state index contributed by atoms with van der Waals surface area (Å²) in [6.45, 7) is 0. The second-order valence-corrected chi connectivity index (χ2v) is 3.89. The van der Waals surface area contributed by atoms with Gasteiger partial charge >= 0.3 is 0 Å². The number of hydrogen-bond acceptors (Lipinski definition) is 3. The maximum Gasteiger partial charge on any atom is 0.118 e. The van der Waals surface area contributed by atoms with E-state index in [9.17, 15) is 0 Å². The maximum atomic E-state index is 5.13. The lowest BCUT2D eigenvalue weighted by Crippen LogP contribution is -2.02. The summed E-state index contributed by atoms with van der Waals surface area (Å²) in [5.74, 6) is 0.876. The quantitative estimate of drug-likeness (QED) is 0.799. The molecule has 1 aromatic rings. The van der Waals surface area contributed by atoms with Crippen molar-refractivity contribution in [1.29, 1.82) is 0 Å². The third-order valence-corrected chi connectivity index (χ3v) is 2.75. The Morgan fingerprint density at radius 3 is 2.72 bits per heavy atom. The third kappa shape index (κ3) is 2.94. The van der Waals surface area contributed by atoms with Crippen molar-refractivity contribution in [3.05, 3.63) is 53.8 Å². The van der Waals surface area contributed by atoms with E-state index in [1.807, 2.05) is 24.3 Å². The van der Waals surface area contributed by atoms with Gasteiger partial charge in [-0.3, -0.25) is 9.98 Å². The fraction of sp³-hybridized carbons (Fsp3) is 0.200. The van der Waals surface area contributed by atoms with E-state index in [4.69, 9.17) is 4.74 Å². The molecule has 0 radical (unpaired) electrons. The van der Waals surface area contributed by atoms with Crippen molar-refractivity contribution in [2.45, 2.75) is 6.42 Å². The molecule has 0 saturated heterocycles. The smallest absolute Gasteiger partial charge is 0.118 e. The fourth-order valence-corrected chi connectivity index (χ4v) is 1.73. The molecule has 0 spiro atoms. The summed E-state index contributed by atoms with van der Waals surface area (Å²) < 4.78 is 5.13. The number of hydrogen-bond donors (Lipinski definition) is 0. The third-order valence-electron chi connectivity index (χ3n) is 2.75. The van der Waals surface area contributed by atoms with Gasteiger partial charge in [-0.25, -0.2) is 0 Å². The molecular formula is C15H16N2O. The summed E-state index contributed by atoms with van der Waals surface area (Å²) in [7, 11) is 3.45. The molecule has 0 unspecified atom stereocenters. The molecule has 92 valence electrons. The van der Waals surface area contributed by atoms with E-state index in [2.05, 4.69) is 28.2 Å². The monoisotopic (exact) mass is 240 g/mol. The standard InChI is InChI=1S/C15H16N2O/c1-16-14-4-3-11-17-15(14)10-7-12-5-8-13(18-2)9-6-12/h3-6,8-11H,7H2,1-2H3. The van der Waals surface area contributed by atoms with E-state index in [0.29, 0.717) is 0 Å². The predicted octanol–water partition coefficient (Wildman–Crippen LogP) is 2.83. The van der Waals surface area contributed by atoms with Gasteiger partial charge in [0, 0.05) is 13.3 Å². The molecule has 0 amide bonds. The van der Waals surface area contributed by atoms with Crippen molar-refractivity contribution in [2.24, 2.45) is 9.98 Å². The number of aliphatic imine (C=N–C) groups is 2. The van der Waals surface area contributed by atoms with Gasteiger partial charge in [0.2, 0.25) is 0 Å². The predicted molar refractivity (Wildman–Crippen MR) is 75.8 cm³/mol. The van der Waals surface area contributed by atoms with Crippen molar-refractivity contribution in [1.82, 2.24) is 0 Å². The van der Waals surface area contributed by atoms with Gasteiger partial charge in [0.25, 0.3) is 0 Å². The first-order chi connectivity index (χ1) is 8.83. The van der Waals surface area contributed by atoms with Gasteiger partial charge in [-0.15, -0.1) is 0 Å². The average Bonchev–Trinajstić information content (AvgIpc) is 2.46. The Balaban J connectivity index is 2.10. The van der Waals surface area contributed by atoms with Crippen LogP contribution in [0.25, 0.3) is 0 Å². The lowest BCUT2D eigenvalue weighted by atomic mass is 10.1. The van der Waals surface area contributed by atoms with E-state index < -0.39 is 0 Å². The molecule has 3 heteroatoms. The Hall–Kier alpha value is -2.16. The minimum absolute atomic E-state index is 0.837. The number of ether oxygens (including phenoxy) is 1. The summed E-state index contributed by atoms with van der Waals surface area (Å²) in [5.41, 5.74) is 3.07. The SMILES string of the molecule is CN=C1C=CC=NC1=CCc1ccc(OC)cc1. The van der Waals surface area contributed by atoms with Crippen LogP contribution in [-0.2, 0) is 6.42 Å². The summed E-state index contributed by atoms with van der Waals surface area (Å²) in [6, 6.07) is 8.04. The van der Waals surface area contributed by atoms with E-state index in [-0.39, 0.29) is 0 Å². The lowest BCUT2D eigenvalue weighted by molar-refractivity contribution is 0.414. The minimum atomic E-state index is 0.837. The van der Waals surface area contributed by atoms with Gasteiger partial charge < -0.3 is 4.74 Å². The molecule has 1 aliphatic heterocycles. The lowest BCUT2D eigenvalue weighted by Gasteiger charge is -2.05. The van der Waals surface area contributed by atoms with Crippen LogP contribution in [0, 0.1) is 0 Å². The van der Waals surface area contributed by atoms with Crippen molar-refractivity contribution in [3.63, 3.8) is 0 Å². The molecule has 0 aromatic heterocycles. The Bertz CT molecular complexity index is 522. The van der Waals surface area contributed by atoms with Gasteiger partial charge in [-0.05, 0) is 36.3 Å². The van der Waals surface area contributed by atoms with Crippen LogP contribution >= 0.6 is 0 Å². The van der Waals surface area contributed by atoms with Crippen LogP contribution in [0.5, 0.6) is 5.75 Å². The van der Waals surface area contributed by atoms with Crippen molar-refractivity contribution in [3.8, 4) is 5.75 Å². The molecule has 0 bridgehead atoms. The molecule has 1 heterocycles. The highest BCUT2D eigenvalue weighted by Crippen LogP contribution is 2.14. The Morgan fingerprint density at radius 1 is 1.28 bits per heavy atom. The fourth-order valence-electron chi connectivity index (χ4n) is 1.73. The number of benzene rings is 1. The highest BCUT2D eigenvalue weighted by molar-refractivity contribution is 6.12. The van der Waals surface area contributed by atoms with Crippen molar-refractivity contribution >= 4 is 11.9 Å². The summed E-state index contributed by atoms with van der Waals surface area (Å²) >= 11 is 0. The van der Waals surface area contributed by atoms with Crippen LogP contribution in [0.2, 0.25) is 0 Å². The summed E-state index contributed by atoms with van der Waals surface area (Å²) in [6.07, 6.45) is 8.57. The average molecular weight is 240 g/mol. The van der Waals surface area contributed by atoms with Gasteiger partial charge in [0.15, 0.2) is 0 Å². The van der Waals surface area contributed by atoms with E-state index in [1.165, 1.54) is 5.56 Å². The number of allylic oxidation sites excluding steroid dienone is 3. The topological polar surface area (TPSA) is 34.0 Å². The highest BCUT2D eigenvalue weighted by Gasteiger charge is 2.03. The van der Waals surface area contributed by atoms with E-state index in [1.54, 1.807) is 20.4 Å². The van der Waals surface area contributed by atoms with E-state index in [0.717, 1.165) is 23.6 Å². The van der Waals surface area contributed by atoms with Gasteiger partial charge in [-0.1, -0.05) is 18.2 Å². The molecule has 1 aliphatic rings. The van der Waals surface area contributed by atoms with Crippen LogP contribution in [0.3, 0.4) is 0 Å². The number of dihydropyridines is 1. The van der Waals surface area contributed by atoms with Crippen molar-refractivity contribution in [2.75, 3.05) is 14.2 Å². The van der Waals surface area contributed by atoms with Crippen LogP contribution < -0.4 is 4.74 Å². The van der Waals surface area contributed by atoms with Crippen LogP contribution in [0.15, 0.2) is 58.2 Å². The summed E-state index contributed by atoms with van der Waals surface area (Å²) in [4.78, 5) is 8.52. The normalized spacial score (nSPS) is 18.6. The van der Waals surface area contributed by atoms with Gasteiger partial charge in [0.05, 0.1) is 18.5 Å². The zero-order valence-corrected chi connectivity index (χ0v) is 10.6. The largest absolute Gasteiger partial charge is 0.497 e. The molecule has 3 nitrogen and oxygen atoms in total. The molecule has 1 aromatic carbocycles. The van der Waals surface area contributed by atoms with Crippen LogP contribution in [0.1, 0.15) is 5.56 Å². The summed E-state index contributed by atoms with van der Waals surface area (Å²) in [5, 5.41) is 0. The Kier molecular flexibility index (Phi) is 4.07. The molecule has 2 rings (SSSR count). The van der Waals surface area contributed by atoms with E-state index >= 15 is 0 Å². The first-order valence-corrected chi connectivity index (χ1v) is 5.84. The van der Waals surface area contributed by atoms with Gasteiger partial charge in [0.1, 0.15) is 5.75 Å². The van der Waals surface area contributed by atoms with Crippen LogP contribution in [0.4, 0.5) is 0 Å². The zero-order chi connectivity index (χ0) is 12.8. The first-order valence-electron chi connectivity index (χ1n) is 5.84. The molecule has 0 aliphatic carbocycles. The molecule has 0 fully saturated rings. The Labute approximate surface area is 107 Å². The molecule has 0 atom stereocenters. The van der Waals surface area contributed by atoms with Crippen molar-refractivity contribution < 1.29 is 4.74 Å². The number of nitrogens with zero attached hydrogens (tertiary/aromatic N) is 2. The molecule has 18 heavy (non-hydrogen) atoms. The Morgan fingerprint density at radius 2 is 2.06 bits per heavy atom. The molecular weight excluding hydrogens is 224 g/mol. The minimum Gasteiger partial charge on any atom is -0.497 e. The number of rotatable bonds is 3. The molecule has 0 N–H and O–H groups in total.